The maximum absolute atomic E-state index is 13.2. The number of para-hydroxylation sites is 1. The second-order valence-corrected chi connectivity index (χ2v) is 8.73. The van der Waals surface area contributed by atoms with Crippen LogP contribution in [-0.2, 0) is 11.4 Å². The lowest BCUT2D eigenvalue weighted by atomic mass is 10.1. The summed E-state index contributed by atoms with van der Waals surface area (Å²) in [7, 11) is 3.31. The average Bonchev–Trinajstić information content (AvgIpc) is 2.84. The summed E-state index contributed by atoms with van der Waals surface area (Å²) in [6.07, 6.45) is 4.54. The highest BCUT2D eigenvalue weighted by atomic mass is 32.2. The van der Waals surface area contributed by atoms with Crippen LogP contribution < -0.4 is 20.1 Å². The van der Waals surface area contributed by atoms with Crippen molar-refractivity contribution in [2.45, 2.75) is 18.7 Å². The van der Waals surface area contributed by atoms with Crippen LogP contribution in [0.15, 0.2) is 72.3 Å². The molecule has 1 aromatic heterocycles. The Bertz CT molecular complexity index is 1210. The van der Waals surface area contributed by atoms with Gasteiger partial charge in [-0.3, -0.25) is 0 Å². The van der Waals surface area contributed by atoms with Gasteiger partial charge in [0.05, 0.1) is 24.7 Å². The fraction of sp³-hybridized carbons (Fsp3) is 0.154. The Labute approximate surface area is 203 Å². The van der Waals surface area contributed by atoms with E-state index in [0.717, 1.165) is 33.6 Å². The molecule has 0 fully saturated rings. The zero-order chi connectivity index (χ0) is 24.7. The minimum atomic E-state index is -1.59. The van der Waals surface area contributed by atoms with Crippen molar-refractivity contribution in [1.82, 2.24) is 10.3 Å². The summed E-state index contributed by atoms with van der Waals surface area (Å²) in [6.45, 7) is 8.09. The average molecular weight is 476 g/mol. The molecule has 1 heterocycles. The molecule has 0 aliphatic rings. The van der Waals surface area contributed by atoms with Crippen LogP contribution in [-0.4, -0.2) is 29.9 Å². The van der Waals surface area contributed by atoms with Gasteiger partial charge in [0, 0.05) is 30.7 Å². The van der Waals surface area contributed by atoms with Crippen LogP contribution >= 0.6 is 0 Å². The predicted octanol–water partition coefficient (Wildman–Crippen LogP) is 5.13. The number of nitrogens with zero attached hydrogens (tertiary/aromatic N) is 1. The van der Waals surface area contributed by atoms with Crippen molar-refractivity contribution in [3.63, 3.8) is 0 Å². The van der Waals surface area contributed by atoms with Crippen molar-refractivity contribution >= 4 is 40.3 Å². The first-order valence-electron chi connectivity index (χ1n) is 10.6. The van der Waals surface area contributed by atoms with E-state index in [4.69, 9.17) is 10.1 Å². The largest absolute Gasteiger partial charge is 0.588 e. The number of allylic oxidation sites excluding steroid dienone is 1. The summed E-state index contributed by atoms with van der Waals surface area (Å²) >= 11 is -1.59. The SMILES string of the molecule is C=C(Nc1cnc(OC)c([S+]([O-])Nc2c(C)cccc2C)c1)c1cccc(/C(=C/C=N)NC)c1. The van der Waals surface area contributed by atoms with Crippen LogP contribution in [0, 0.1) is 19.3 Å². The van der Waals surface area contributed by atoms with Gasteiger partial charge in [-0.15, -0.1) is 0 Å². The van der Waals surface area contributed by atoms with Gasteiger partial charge in [-0.25, -0.2) is 9.71 Å². The number of aromatic nitrogens is 1. The number of hydrogen-bond donors (Lipinski definition) is 4. The molecule has 4 N–H and O–H groups in total. The molecule has 0 amide bonds. The van der Waals surface area contributed by atoms with Crippen molar-refractivity contribution in [3.05, 3.63) is 89.6 Å². The van der Waals surface area contributed by atoms with Crippen LogP contribution in [0.5, 0.6) is 5.88 Å². The van der Waals surface area contributed by atoms with Crippen molar-refractivity contribution in [2.24, 2.45) is 0 Å². The van der Waals surface area contributed by atoms with E-state index in [1.165, 1.54) is 13.3 Å². The second kappa shape index (κ2) is 11.4. The number of pyridine rings is 1. The highest BCUT2D eigenvalue weighted by Crippen LogP contribution is 2.30. The number of ether oxygens (including phenoxy) is 1. The number of methoxy groups -OCH3 is 1. The van der Waals surface area contributed by atoms with Gasteiger partial charge in [0.15, 0.2) is 0 Å². The quantitative estimate of drug-likeness (QED) is 0.239. The maximum Gasteiger partial charge on any atom is 0.273 e. The first-order valence-corrected chi connectivity index (χ1v) is 11.8. The fourth-order valence-corrected chi connectivity index (χ4v) is 4.58. The standard InChI is InChI=1S/C26H29N5O2S/c1-17-8-6-9-18(2)25(17)31-34(32)24-15-22(16-29-26(24)33-5)30-19(3)20-10-7-11-21(14-20)23(28-4)12-13-27/h6-16,27-28,30-31H,3H2,1-2,4-5H3/b23-12-,27-13?. The van der Waals surface area contributed by atoms with Gasteiger partial charge >= 0.3 is 0 Å². The maximum atomic E-state index is 13.2. The molecule has 0 spiro atoms. The van der Waals surface area contributed by atoms with Crippen LogP contribution in [0.1, 0.15) is 22.3 Å². The number of rotatable bonds is 10. The molecule has 34 heavy (non-hydrogen) atoms. The Hall–Kier alpha value is -3.75. The summed E-state index contributed by atoms with van der Waals surface area (Å²) < 4.78 is 21.7. The molecule has 1 unspecified atom stereocenters. The second-order valence-electron chi connectivity index (χ2n) is 7.55. The third-order valence-corrected chi connectivity index (χ3v) is 6.31. The monoisotopic (exact) mass is 475 g/mol. The lowest BCUT2D eigenvalue weighted by Gasteiger charge is -2.18. The number of hydrogen-bond acceptors (Lipinski definition) is 7. The molecule has 0 aliphatic heterocycles. The third kappa shape index (κ3) is 5.78. The predicted molar refractivity (Wildman–Crippen MR) is 142 cm³/mol. The topological polar surface area (TPSA) is 105 Å². The van der Waals surface area contributed by atoms with E-state index >= 15 is 0 Å². The molecule has 0 saturated carbocycles. The number of aryl methyl sites for hydroxylation is 2. The van der Waals surface area contributed by atoms with Crippen molar-refractivity contribution in [2.75, 3.05) is 24.2 Å². The summed E-state index contributed by atoms with van der Waals surface area (Å²) in [5.74, 6) is 0.283. The van der Waals surface area contributed by atoms with Crippen LogP contribution in [0.4, 0.5) is 11.4 Å². The van der Waals surface area contributed by atoms with E-state index in [1.54, 1.807) is 18.3 Å². The van der Waals surface area contributed by atoms with E-state index in [9.17, 15) is 4.55 Å². The smallest absolute Gasteiger partial charge is 0.273 e. The third-order valence-electron chi connectivity index (χ3n) is 5.22. The fourth-order valence-electron chi connectivity index (χ4n) is 3.44. The van der Waals surface area contributed by atoms with E-state index in [0.29, 0.717) is 16.3 Å². The molecular weight excluding hydrogens is 446 g/mol. The van der Waals surface area contributed by atoms with Crippen LogP contribution in [0.2, 0.25) is 0 Å². The number of benzene rings is 2. The molecule has 0 aliphatic carbocycles. The Morgan fingerprint density at radius 3 is 2.44 bits per heavy atom. The highest BCUT2D eigenvalue weighted by Gasteiger charge is 2.22. The molecule has 0 radical (unpaired) electrons. The van der Waals surface area contributed by atoms with E-state index in [-0.39, 0.29) is 5.88 Å². The van der Waals surface area contributed by atoms with Crippen molar-refractivity contribution in [1.29, 1.82) is 5.41 Å². The van der Waals surface area contributed by atoms with Gasteiger partial charge in [-0.1, -0.05) is 43.0 Å². The summed E-state index contributed by atoms with van der Waals surface area (Å²) in [4.78, 5) is 4.75. The van der Waals surface area contributed by atoms with Crippen LogP contribution in [0.3, 0.4) is 0 Å². The Kier molecular flexibility index (Phi) is 8.34. The zero-order valence-electron chi connectivity index (χ0n) is 19.7. The lowest BCUT2D eigenvalue weighted by molar-refractivity contribution is 0.385. The molecule has 1 atom stereocenters. The Balaban J connectivity index is 1.85. The van der Waals surface area contributed by atoms with Gasteiger partial charge in [-0.05, 0) is 48.2 Å². The lowest BCUT2D eigenvalue weighted by Crippen LogP contribution is -2.16. The minimum absolute atomic E-state index is 0.283. The summed E-state index contributed by atoms with van der Waals surface area (Å²) in [5, 5.41) is 13.7. The molecule has 7 nitrogen and oxygen atoms in total. The van der Waals surface area contributed by atoms with Crippen LogP contribution in [0.25, 0.3) is 11.4 Å². The molecular formula is C26H29N5O2S. The van der Waals surface area contributed by atoms with Gasteiger partial charge in [0.25, 0.3) is 5.88 Å². The Morgan fingerprint density at radius 2 is 1.79 bits per heavy atom. The van der Waals surface area contributed by atoms with Gasteiger partial charge < -0.3 is 25.3 Å². The van der Waals surface area contributed by atoms with Gasteiger partial charge in [0.1, 0.15) is 11.4 Å². The molecule has 2 aromatic carbocycles. The van der Waals surface area contributed by atoms with Gasteiger partial charge in [-0.2, -0.15) is 0 Å². The molecule has 0 bridgehead atoms. The molecule has 0 saturated heterocycles. The normalized spacial score (nSPS) is 12.0. The minimum Gasteiger partial charge on any atom is -0.588 e. The molecule has 3 aromatic rings. The van der Waals surface area contributed by atoms with Gasteiger partial charge in [0.2, 0.25) is 4.90 Å². The molecule has 8 heteroatoms. The molecule has 3 rings (SSSR count). The van der Waals surface area contributed by atoms with Crippen molar-refractivity contribution < 1.29 is 9.29 Å². The first kappa shape index (κ1) is 24.9. The number of nitrogens with one attached hydrogen (secondary N) is 4. The van der Waals surface area contributed by atoms with E-state index in [2.05, 4.69) is 26.9 Å². The van der Waals surface area contributed by atoms with E-state index < -0.39 is 11.4 Å². The first-order chi connectivity index (χ1) is 16.4. The van der Waals surface area contributed by atoms with Crippen molar-refractivity contribution in [3.8, 4) is 5.88 Å². The summed E-state index contributed by atoms with van der Waals surface area (Å²) in [5.41, 5.74) is 6.73. The highest BCUT2D eigenvalue weighted by molar-refractivity contribution is 7.92. The zero-order valence-corrected chi connectivity index (χ0v) is 20.5. The summed E-state index contributed by atoms with van der Waals surface area (Å²) in [6, 6.07) is 15.4. The molecule has 176 valence electrons. The van der Waals surface area contributed by atoms with E-state index in [1.807, 2.05) is 63.4 Å². The number of anilines is 2. The Morgan fingerprint density at radius 1 is 1.12 bits per heavy atom.